The fourth-order valence-electron chi connectivity index (χ4n) is 3.58. The maximum absolute atomic E-state index is 12.2. The Hall–Kier alpha value is -2.99. The van der Waals surface area contributed by atoms with Crippen LogP contribution in [0.5, 0.6) is 17.2 Å². The summed E-state index contributed by atoms with van der Waals surface area (Å²) in [7, 11) is 0. The molecular weight excluding hydrogens is 360 g/mol. The standard InChI is InChI=1S/C22H22O6/c23-14(12-26-18-9-4-3-8-17(18)24)13-27-19-10-5-11-20-21(19)15-6-1-2-7-16(15)22(25)28-20/h3-5,8-11,14,23-24H,1-2,6-7,12-13H2. The van der Waals surface area contributed by atoms with Gasteiger partial charge in [-0.3, -0.25) is 0 Å². The SMILES string of the molecule is O=c1oc2cccc(OCC(O)COc3ccccc3O)c2c2c1CCCC2. The third kappa shape index (κ3) is 3.68. The number of aryl methyl sites for hydroxylation is 1. The number of ether oxygens (including phenoxy) is 2. The number of benzene rings is 2. The Morgan fingerprint density at radius 1 is 0.929 bits per heavy atom. The first-order valence-electron chi connectivity index (χ1n) is 9.42. The van der Waals surface area contributed by atoms with Gasteiger partial charge in [0, 0.05) is 5.56 Å². The Morgan fingerprint density at radius 3 is 2.39 bits per heavy atom. The minimum Gasteiger partial charge on any atom is -0.504 e. The number of fused-ring (bicyclic) bond motifs is 3. The highest BCUT2D eigenvalue weighted by atomic mass is 16.5. The molecule has 0 aliphatic heterocycles. The van der Waals surface area contributed by atoms with Crippen LogP contribution in [0.15, 0.2) is 51.7 Å². The summed E-state index contributed by atoms with van der Waals surface area (Å²) in [5, 5.41) is 20.7. The van der Waals surface area contributed by atoms with Crippen LogP contribution in [0.3, 0.4) is 0 Å². The molecule has 0 saturated heterocycles. The molecule has 0 radical (unpaired) electrons. The van der Waals surface area contributed by atoms with E-state index >= 15 is 0 Å². The zero-order valence-electron chi connectivity index (χ0n) is 15.4. The predicted molar refractivity (Wildman–Crippen MR) is 104 cm³/mol. The molecule has 1 aliphatic carbocycles. The van der Waals surface area contributed by atoms with Crippen LogP contribution in [-0.2, 0) is 12.8 Å². The molecule has 1 aliphatic rings. The van der Waals surface area contributed by atoms with Crippen LogP contribution in [0.4, 0.5) is 0 Å². The first-order valence-corrected chi connectivity index (χ1v) is 9.42. The lowest BCUT2D eigenvalue weighted by atomic mass is 9.90. The van der Waals surface area contributed by atoms with Gasteiger partial charge in [-0.25, -0.2) is 4.79 Å². The zero-order valence-corrected chi connectivity index (χ0v) is 15.4. The lowest BCUT2D eigenvalue weighted by Crippen LogP contribution is -2.25. The molecule has 0 amide bonds. The van der Waals surface area contributed by atoms with Crippen LogP contribution < -0.4 is 15.1 Å². The van der Waals surface area contributed by atoms with Crippen molar-refractivity contribution in [1.29, 1.82) is 0 Å². The maximum atomic E-state index is 12.2. The number of hydrogen-bond acceptors (Lipinski definition) is 6. The van der Waals surface area contributed by atoms with E-state index in [1.807, 2.05) is 6.07 Å². The van der Waals surface area contributed by atoms with Gasteiger partial charge in [0.1, 0.15) is 30.7 Å². The molecule has 6 nitrogen and oxygen atoms in total. The molecule has 2 N–H and O–H groups in total. The van der Waals surface area contributed by atoms with Crippen molar-refractivity contribution >= 4 is 11.0 Å². The average molecular weight is 382 g/mol. The van der Waals surface area contributed by atoms with Crippen molar-refractivity contribution in [3.05, 3.63) is 64.0 Å². The van der Waals surface area contributed by atoms with Gasteiger partial charge in [0.05, 0.1) is 5.39 Å². The number of aromatic hydroxyl groups is 1. The monoisotopic (exact) mass is 382 g/mol. The van der Waals surface area contributed by atoms with Crippen LogP contribution in [0, 0.1) is 0 Å². The van der Waals surface area contributed by atoms with E-state index in [1.54, 1.807) is 30.3 Å². The highest BCUT2D eigenvalue weighted by Crippen LogP contribution is 2.33. The quantitative estimate of drug-likeness (QED) is 0.637. The van der Waals surface area contributed by atoms with Gasteiger partial charge in [-0.15, -0.1) is 0 Å². The third-order valence-electron chi connectivity index (χ3n) is 4.93. The van der Waals surface area contributed by atoms with Crippen molar-refractivity contribution in [1.82, 2.24) is 0 Å². The molecular formula is C22H22O6. The molecule has 146 valence electrons. The number of para-hydroxylation sites is 2. The second kappa shape index (κ2) is 7.94. The van der Waals surface area contributed by atoms with Gasteiger partial charge in [0.2, 0.25) is 0 Å². The van der Waals surface area contributed by atoms with Gasteiger partial charge < -0.3 is 24.1 Å². The second-order valence-electron chi connectivity index (χ2n) is 6.93. The Balaban J connectivity index is 1.50. The fourth-order valence-corrected chi connectivity index (χ4v) is 3.58. The van der Waals surface area contributed by atoms with Crippen LogP contribution >= 0.6 is 0 Å². The highest BCUT2D eigenvalue weighted by molar-refractivity contribution is 5.87. The van der Waals surface area contributed by atoms with E-state index < -0.39 is 6.10 Å². The van der Waals surface area contributed by atoms with E-state index in [-0.39, 0.29) is 24.6 Å². The van der Waals surface area contributed by atoms with E-state index in [2.05, 4.69) is 0 Å². The number of aliphatic hydroxyl groups is 1. The van der Waals surface area contributed by atoms with Gasteiger partial charge >= 0.3 is 5.63 Å². The largest absolute Gasteiger partial charge is 0.504 e. The number of phenols is 1. The Labute approximate surface area is 162 Å². The summed E-state index contributed by atoms with van der Waals surface area (Å²) in [5.74, 6) is 0.912. The van der Waals surface area contributed by atoms with Gasteiger partial charge in [-0.1, -0.05) is 18.2 Å². The number of phenolic OH excluding ortho intramolecular Hbond substituents is 1. The molecule has 1 unspecified atom stereocenters. The summed E-state index contributed by atoms with van der Waals surface area (Å²) < 4.78 is 16.8. The normalized spacial score (nSPS) is 14.5. The first kappa shape index (κ1) is 18.4. The second-order valence-corrected chi connectivity index (χ2v) is 6.93. The van der Waals surface area contributed by atoms with E-state index in [4.69, 9.17) is 13.9 Å². The van der Waals surface area contributed by atoms with E-state index in [0.717, 1.165) is 42.2 Å². The molecule has 4 rings (SSSR count). The van der Waals surface area contributed by atoms with Crippen molar-refractivity contribution < 1.29 is 24.1 Å². The molecule has 0 spiro atoms. The zero-order chi connectivity index (χ0) is 19.5. The van der Waals surface area contributed by atoms with Crippen molar-refractivity contribution in [3.63, 3.8) is 0 Å². The van der Waals surface area contributed by atoms with Crippen LogP contribution in [0.2, 0.25) is 0 Å². The van der Waals surface area contributed by atoms with Gasteiger partial charge in [0.25, 0.3) is 0 Å². The van der Waals surface area contributed by atoms with Crippen molar-refractivity contribution in [2.45, 2.75) is 31.8 Å². The molecule has 2 aromatic carbocycles. The third-order valence-corrected chi connectivity index (χ3v) is 4.93. The predicted octanol–water partition coefficient (Wildman–Crippen LogP) is 3.20. The number of aliphatic hydroxyl groups excluding tert-OH is 1. The van der Waals surface area contributed by atoms with Crippen LogP contribution in [0.1, 0.15) is 24.0 Å². The minimum absolute atomic E-state index is 0.0145. The van der Waals surface area contributed by atoms with Crippen LogP contribution in [-0.4, -0.2) is 29.5 Å². The van der Waals surface area contributed by atoms with E-state index in [0.29, 0.717) is 17.1 Å². The van der Waals surface area contributed by atoms with Gasteiger partial charge in [-0.2, -0.15) is 0 Å². The van der Waals surface area contributed by atoms with E-state index in [9.17, 15) is 15.0 Å². The Bertz CT molecular complexity index is 1040. The Morgan fingerprint density at radius 2 is 1.61 bits per heavy atom. The van der Waals surface area contributed by atoms with Crippen molar-refractivity contribution in [3.8, 4) is 17.2 Å². The number of hydrogen-bond donors (Lipinski definition) is 2. The summed E-state index contributed by atoms with van der Waals surface area (Å²) in [6.45, 7) is -0.00383. The fraction of sp³-hybridized carbons (Fsp3) is 0.318. The molecule has 1 aromatic heterocycles. The molecule has 28 heavy (non-hydrogen) atoms. The van der Waals surface area contributed by atoms with Crippen molar-refractivity contribution in [2.75, 3.05) is 13.2 Å². The Kier molecular flexibility index (Phi) is 5.21. The summed E-state index contributed by atoms with van der Waals surface area (Å²) in [6, 6.07) is 11.9. The molecule has 0 fully saturated rings. The summed E-state index contributed by atoms with van der Waals surface area (Å²) in [6.07, 6.45) is 2.66. The van der Waals surface area contributed by atoms with E-state index in [1.165, 1.54) is 6.07 Å². The molecule has 0 saturated carbocycles. The molecule has 1 atom stereocenters. The first-order chi connectivity index (χ1) is 13.6. The maximum Gasteiger partial charge on any atom is 0.339 e. The molecule has 3 aromatic rings. The van der Waals surface area contributed by atoms with Crippen molar-refractivity contribution in [2.24, 2.45) is 0 Å². The van der Waals surface area contributed by atoms with Gasteiger partial charge in [-0.05, 0) is 55.5 Å². The number of rotatable bonds is 6. The lowest BCUT2D eigenvalue weighted by molar-refractivity contribution is 0.0622. The molecule has 1 heterocycles. The lowest BCUT2D eigenvalue weighted by Gasteiger charge is -2.19. The smallest absolute Gasteiger partial charge is 0.339 e. The minimum atomic E-state index is -0.888. The topological polar surface area (TPSA) is 89.1 Å². The summed E-state index contributed by atoms with van der Waals surface area (Å²) >= 11 is 0. The van der Waals surface area contributed by atoms with Gasteiger partial charge in [0.15, 0.2) is 11.5 Å². The highest BCUT2D eigenvalue weighted by Gasteiger charge is 2.21. The molecule has 6 heteroatoms. The summed E-state index contributed by atoms with van der Waals surface area (Å²) in [4.78, 5) is 12.2. The summed E-state index contributed by atoms with van der Waals surface area (Å²) in [5.41, 5.74) is 1.96. The van der Waals surface area contributed by atoms with Crippen LogP contribution in [0.25, 0.3) is 11.0 Å². The molecule has 0 bridgehead atoms. The average Bonchev–Trinajstić information content (AvgIpc) is 2.71.